The molecule has 23 heavy (non-hydrogen) atoms. The Hall–Kier alpha value is -2.05. The van der Waals surface area contributed by atoms with Crippen LogP contribution < -0.4 is 14.8 Å². The highest BCUT2D eigenvalue weighted by molar-refractivity contribution is 5.42. The van der Waals surface area contributed by atoms with Crippen LogP contribution in [0.3, 0.4) is 0 Å². The molecule has 2 atom stereocenters. The van der Waals surface area contributed by atoms with Crippen molar-refractivity contribution in [3.05, 3.63) is 41.7 Å². The predicted octanol–water partition coefficient (Wildman–Crippen LogP) is 2.00. The molecule has 2 aromatic rings. The number of rotatable bonds is 7. The molecule has 0 saturated carbocycles. The van der Waals surface area contributed by atoms with Gasteiger partial charge in [-0.15, -0.1) is 0 Å². The second kappa shape index (κ2) is 7.02. The summed E-state index contributed by atoms with van der Waals surface area (Å²) in [6.07, 6.45) is 3.50. The summed E-state index contributed by atoms with van der Waals surface area (Å²) in [4.78, 5) is 0. The molecule has 6 nitrogen and oxygen atoms in total. The molecule has 0 spiro atoms. The van der Waals surface area contributed by atoms with Crippen LogP contribution >= 0.6 is 0 Å². The van der Waals surface area contributed by atoms with Gasteiger partial charge >= 0.3 is 0 Å². The average molecular weight is 319 g/mol. The number of benzene rings is 1. The topological polar surface area (TPSA) is 68.5 Å². The van der Waals surface area contributed by atoms with Gasteiger partial charge in [-0.05, 0) is 32.0 Å². The van der Waals surface area contributed by atoms with Crippen molar-refractivity contribution in [2.24, 2.45) is 7.05 Å². The number of aliphatic hydroxyl groups is 1. The van der Waals surface area contributed by atoms with Crippen LogP contribution in [-0.2, 0) is 12.6 Å². The van der Waals surface area contributed by atoms with Gasteiger partial charge in [-0.25, -0.2) is 0 Å². The Labute approximate surface area is 137 Å². The van der Waals surface area contributed by atoms with Crippen molar-refractivity contribution in [1.29, 1.82) is 0 Å². The van der Waals surface area contributed by atoms with Crippen LogP contribution in [0.25, 0.3) is 0 Å². The molecule has 0 aliphatic heterocycles. The molecule has 2 rings (SSSR count). The number of methoxy groups -OCH3 is 2. The van der Waals surface area contributed by atoms with E-state index in [4.69, 9.17) is 9.47 Å². The zero-order chi connectivity index (χ0) is 17.0. The van der Waals surface area contributed by atoms with Gasteiger partial charge in [0.1, 0.15) is 17.1 Å². The molecule has 126 valence electrons. The van der Waals surface area contributed by atoms with Gasteiger partial charge in [-0.2, -0.15) is 5.10 Å². The lowest BCUT2D eigenvalue weighted by Gasteiger charge is -2.26. The van der Waals surface area contributed by atoms with Crippen molar-refractivity contribution in [1.82, 2.24) is 15.1 Å². The number of hydrogen-bond acceptors (Lipinski definition) is 5. The minimum Gasteiger partial charge on any atom is -0.497 e. The molecule has 0 saturated heterocycles. The Bertz CT molecular complexity index is 652. The van der Waals surface area contributed by atoms with Gasteiger partial charge in [0, 0.05) is 37.0 Å². The van der Waals surface area contributed by atoms with E-state index < -0.39 is 5.60 Å². The van der Waals surface area contributed by atoms with Crippen LogP contribution in [0.15, 0.2) is 30.6 Å². The van der Waals surface area contributed by atoms with Crippen molar-refractivity contribution >= 4 is 0 Å². The van der Waals surface area contributed by atoms with Crippen LogP contribution in [0.5, 0.6) is 11.5 Å². The van der Waals surface area contributed by atoms with Gasteiger partial charge in [-0.1, -0.05) is 0 Å². The standard InChI is InChI=1S/C17H25N3O3/c1-12(15-8-14(22-4)6-7-16(15)23-5)18-11-17(2,21)13-9-19-20(3)10-13/h6-10,12,18,21H,11H2,1-5H3. The van der Waals surface area contributed by atoms with Gasteiger partial charge in [0.2, 0.25) is 0 Å². The second-order valence-corrected chi connectivity index (χ2v) is 5.89. The molecule has 1 heterocycles. The van der Waals surface area contributed by atoms with E-state index >= 15 is 0 Å². The molecule has 0 aliphatic rings. The third kappa shape index (κ3) is 4.03. The van der Waals surface area contributed by atoms with Crippen molar-refractivity contribution in [2.45, 2.75) is 25.5 Å². The number of hydrogen-bond donors (Lipinski definition) is 2. The highest BCUT2D eigenvalue weighted by Gasteiger charge is 2.26. The van der Waals surface area contributed by atoms with E-state index in [-0.39, 0.29) is 6.04 Å². The van der Waals surface area contributed by atoms with E-state index in [2.05, 4.69) is 10.4 Å². The first-order valence-electron chi connectivity index (χ1n) is 7.54. The van der Waals surface area contributed by atoms with E-state index in [1.807, 2.05) is 38.4 Å². The fraction of sp³-hybridized carbons (Fsp3) is 0.471. The Morgan fingerprint density at radius 2 is 2.09 bits per heavy atom. The van der Waals surface area contributed by atoms with Crippen LogP contribution in [0.4, 0.5) is 0 Å². The fourth-order valence-corrected chi connectivity index (χ4v) is 2.44. The lowest BCUT2D eigenvalue weighted by Crippen LogP contribution is -2.36. The number of aryl methyl sites for hydroxylation is 1. The number of ether oxygens (including phenoxy) is 2. The first-order valence-corrected chi connectivity index (χ1v) is 7.54. The van der Waals surface area contributed by atoms with Crippen molar-refractivity contribution in [3.8, 4) is 11.5 Å². The van der Waals surface area contributed by atoms with E-state index in [0.29, 0.717) is 6.54 Å². The molecule has 0 fully saturated rings. The summed E-state index contributed by atoms with van der Waals surface area (Å²) in [6, 6.07) is 5.67. The highest BCUT2D eigenvalue weighted by atomic mass is 16.5. The maximum Gasteiger partial charge on any atom is 0.123 e. The SMILES string of the molecule is COc1ccc(OC)c(C(C)NCC(C)(O)c2cnn(C)c2)c1. The van der Waals surface area contributed by atoms with Crippen molar-refractivity contribution in [2.75, 3.05) is 20.8 Å². The molecule has 2 N–H and O–H groups in total. The lowest BCUT2D eigenvalue weighted by atomic mass is 9.98. The van der Waals surface area contributed by atoms with Gasteiger partial charge in [-0.3, -0.25) is 4.68 Å². The van der Waals surface area contributed by atoms with Crippen molar-refractivity contribution in [3.63, 3.8) is 0 Å². The molecule has 2 unspecified atom stereocenters. The summed E-state index contributed by atoms with van der Waals surface area (Å²) < 4.78 is 12.4. The van der Waals surface area contributed by atoms with Gasteiger partial charge in [0.25, 0.3) is 0 Å². The molecular weight excluding hydrogens is 294 g/mol. The van der Waals surface area contributed by atoms with Crippen LogP contribution in [0.1, 0.15) is 31.0 Å². The monoisotopic (exact) mass is 319 g/mol. The van der Waals surface area contributed by atoms with Crippen molar-refractivity contribution < 1.29 is 14.6 Å². The first-order chi connectivity index (χ1) is 10.9. The molecular formula is C17H25N3O3. The first kappa shape index (κ1) is 17.3. The highest BCUT2D eigenvalue weighted by Crippen LogP contribution is 2.30. The molecule has 0 amide bonds. The molecule has 0 bridgehead atoms. The number of nitrogens with zero attached hydrogens (tertiary/aromatic N) is 2. The normalized spacial score (nSPS) is 15.0. The van der Waals surface area contributed by atoms with Gasteiger partial charge < -0.3 is 19.9 Å². The number of aromatic nitrogens is 2. The zero-order valence-electron chi connectivity index (χ0n) is 14.3. The summed E-state index contributed by atoms with van der Waals surface area (Å²) in [6.45, 7) is 4.18. The summed E-state index contributed by atoms with van der Waals surface area (Å²) in [7, 11) is 5.11. The Morgan fingerprint density at radius 3 is 2.65 bits per heavy atom. The second-order valence-electron chi connectivity index (χ2n) is 5.89. The molecule has 0 radical (unpaired) electrons. The minimum absolute atomic E-state index is 0.0109. The quantitative estimate of drug-likeness (QED) is 0.817. The average Bonchev–Trinajstić information content (AvgIpc) is 2.99. The Morgan fingerprint density at radius 1 is 1.35 bits per heavy atom. The molecule has 1 aromatic heterocycles. The minimum atomic E-state index is -1.01. The largest absolute Gasteiger partial charge is 0.497 e. The van der Waals surface area contributed by atoms with E-state index in [1.54, 1.807) is 32.0 Å². The van der Waals surface area contributed by atoms with Gasteiger partial charge in [0.05, 0.1) is 20.4 Å². The maximum absolute atomic E-state index is 10.7. The summed E-state index contributed by atoms with van der Waals surface area (Å²) in [5, 5.41) is 18.1. The number of nitrogens with one attached hydrogen (secondary N) is 1. The van der Waals surface area contributed by atoms with E-state index in [1.165, 1.54) is 0 Å². The van der Waals surface area contributed by atoms with E-state index in [9.17, 15) is 5.11 Å². The van der Waals surface area contributed by atoms with E-state index in [0.717, 1.165) is 22.6 Å². The summed E-state index contributed by atoms with van der Waals surface area (Å²) in [5.41, 5.74) is 0.750. The maximum atomic E-state index is 10.7. The van der Waals surface area contributed by atoms with Crippen LogP contribution in [-0.4, -0.2) is 35.7 Å². The summed E-state index contributed by atoms with van der Waals surface area (Å²) >= 11 is 0. The molecule has 1 aromatic carbocycles. The van der Waals surface area contributed by atoms with Crippen LogP contribution in [0.2, 0.25) is 0 Å². The fourth-order valence-electron chi connectivity index (χ4n) is 2.44. The molecule has 6 heteroatoms. The molecule has 0 aliphatic carbocycles. The predicted molar refractivity (Wildman–Crippen MR) is 88.7 cm³/mol. The lowest BCUT2D eigenvalue weighted by molar-refractivity contribution is 0.0542. The smallest absolute Gasteiger partial charge is 0.123 e. The zero-order valence-corrected chi connectivity index (χ0v) is 14.3. The Kier molecular flexibility index (Phi) is 5.28. The van der Waals surface area contributed by atoms with Crippen LogP contribution in [0, 0.1) is 0 Å². The Balaban J connectivity index is 2.11. The third-order valence-corrected chi connectivity index (χ3v) is 3.98. The third-order valence-electron chi connectivity index (χ3n) is 3.98. The van der Waals surface area contributed by atoms with Gasteiger partial charge in [0.15, 0.2) is 0 Å². The summed E-state index contributed by atoms with van der Waals surface area (Å²) in [5.74, 6) is 1.56.